The SMILES string of the molecule is Cc1nn(-c2ccc(NCCNC(=O)Nc3cccc(Cl)c3)nn2)c(C)c1C. The second-order valence-corrected chi connectivity index (χ2v) is 6.74. The average Bonchev–Trinajstić information content (AvgIpc) is 2.93. The maximum atomic E-state index is 11.9. The Bertz CT molecular complexity index is 969. The molecule has 3 N–H and O–H groups in total. The lowest BCUT2D eigenvalue weighted by atomic mass is 10.2. The van der Waals surface area contributed by atoms with Crippen molar-refractivity contribution >= 4 is 29.1 Å². The Morgan fingerprint density at radius 3 is 2.57 bits per heavy atom. The number of hydrogen-bond donors (Lipinski definition) is 3. The lowest BCUT2D eigenvalue weighted by Crippen LogP contribution is -2.32. The van der Waals surface area contributed by atoms with Crippen LogP contribution in [0.3, 0.4) is 0 Å². The highest BCUT2D eigenvalue weighted by Crippen LogP contribution is 2.16. The number of urea groups is 1. The molecular weight excluding hydrogens is 378 g/mol. The van der Waals surface area contributed by atoms with Crippen LogP contribution in [0.4, 0.5) is 16.3 Å². The number of nitrogens with zero attached hydrogens (tertiary/aromatic N) is 4. The molecule has 0 unspecified atom stereocenters. The molecule has 0 aliphatic rings. The van der Waals surface area contributed by atoms with Crippen molar-refractivity contribution in [2.45, 2.75) is 20.8 Å². The maximum Gasteiger partial charge on any atom is 0.319 e. The number of aromatic nitrogens is 4. The first-order valence-corrected chi connectivity index (χ1v) is 9.23. The fourth-order valence-electron chi connectivity index (χ4n) is 2.58. The van der Waals surface area contributed by atoms with Gasteiger partial charge in [0.25, 0.3) is 0 Å². The van der Waals surface area contributed by atoms with Crippen LogP contribution in [0.5, 0.6) is 0 Å². The van der Waals surface area contributed by atoms with Crippen molar-refractivity contribution in [2.24, 2.45) is 0 Å². The molecule has 0 bridgehead atoms. The number of anilines is 2. The summed E-state index contributed by atoms with van der Waals surface area (Å²) in [4.78, 5) is 11.9. The molecule has 2 aromatic heterocycles. The Morgan fingerprint density at radius 1 is 1.11 bits per heavy atom. The molecule has 146 valence electrons. The standard InChI is InChI=1S/C19H22ClN7O/c1-12-13(2)26-27(14(12)3)18-8-7-17(24-25-18)21-9-10-22-19(28)23-16-6-4-5-15(20)11-16/h4-8,11H,9-10H2,1-3H3,(H,21,24)(H2,22,23,28). The minimum Gasteiger partial charge on any atom is -0.367 e. The molecule has 0 aliphatic heterocycles. The smallest absolute Gasteiger partial charge is 0.319 e. The van der Waals surface area contributed by atoms with Gasteiger partial charge >= 0.3 is 6.03 Å². The van der Waals surface area contributed by atoms with E-state index in [1.807, 2.05) is 32.9 Å². The van der Waals surface area contributed by atoms with Crippen molar-refractivity contribution in [1.29, 1.82) is 0 Å². The van der Waals surface area contributed by atoms with Gasteiger partial charge in [0.15, 0.2) is 5.82 Å². The van der Waals surface area contributed by atoms with Crippen molar-refractivity contribution in [3.63, 3.8) is 0 Å². The van der Waals surface area contributed by atoms with Gasteiger partial charge in [-0.05, 0) is 56.7 Å². The number of nitrogens with one attached hydrogen (secondary N) is 3. The van der Waals surface area contributed by atoms with Gasteiger partial charge < -0.3 is 16.0 Å². The second kappa shape index (κ2) is 8.71. The monoisotopic (exact) mass is 399 g/mol. The van der Waals surface area contributed by atoms with Gasteiger partial charge in [-0.2, -0.15) is 5.10 Å². The molecule has 0 spiro atoms. The molecule has 28 heavy (non-hydrogen) atoms. The first-order chi connectivity index (χ1) is 13.4. The topological polar surface area (TPSA) is 96.8 Å². The van der Waals surface area contributed by atoms with Crippen molar-refractivity contribution in [2.75, 3.05) is 23.7 Å². The summed E-state index contributed by atoms with van der Waals surface area (Å²) >= 11 is 5.89. The average molecular weight is 400 g/mol. The van der Waals surface area contributed by atoms with Gasteiger partial charge in [0.2, 0.25) is 0 Å². The molecule has 2 heterocycles. The molecule has 1 aromatic carbocycles. The van der Waals surface area contributed by atoms with E-state index in [2.05, 4.69) is 31.2 Å². The molecule has 2 amide bonds. The van der Waals surface area contributed by atoms with Crippen LogP contribution < -0.4 is 16.0 Å². The van der Waals surface area contributed by atoms with Crippen molar-refractivity contribution in [3.05, 3.63) is 58.4 Å². The zero-order valence-electron chi connectivity index (χ0n) is 16.0. The molecule has 8 nitrogen and oxygen atoms in total. The summed E-state index contributed by atoms with van der Waals surface area (Å²) in [6.07, 6.45) is 0. The van der Waals surface area contributed by atoms with Crippen LogP contribution in [0.2, 0.25) is 5.02 Å². The summed E-state index contributed by atoms with van der Waals surface area (Å²) in [5, 5.41) is 22.0. The number of rotatable bonds is 6. The third-order valence-corrected chi connectivity index (χ3v) is 4.55. The normalized spacial score (nSPS) is 10.6. The van der Waals surface area contributed by atoms with E-state index in [1.165, 1.54) is 0 Å². The quantitative estimate of drug-likeness (QED) is 0.551. The van der Waals surface area contributed by atoms with Crippen LogP contribution in [0.15, 0.2) is 36.4 Å². The van der Waals surface area contributed by atoms with Gasteiger partial charge in [0.05, 0.1) is 5.69 Å². The molecule has 0 atom stereocenters. The van der Waals surface area contributed by atoms with E-state index >= 15 is 0 Å². The third-order valence-electron chi connectivity index (χ3n) is 4.32. The minimum atomic E-state index is -0.301. The number of benzene rings is 1. The Kier molecular flexibility index (Phi) is 6.10. The number of carbonyl (C=O) groups excluding carboxylic acids is 1. The summed E-state index contributed by atoms with van der Waals surface area (Å²) in [6, 6.07) is 10.4. The Balaban J connectivity index is 1.46. The molecule has 3 aromatic rings. The summed E-state index contributed by atoms with van der Waals surface area (Å²) in [5.74, 6) is 1.29. The number of amides is 2. The third kappa shape index (κ3) is 4.77. The van der Waals surface area contributed by atoms with Crippen LogP contribution in [-0.2, 0) is 0 Å². The van der Waals surface area contributed by atoms with E-state index in [1.54, 1.807) is 28.9 Å². The van der Waals surface area contributed by atoms with E-state index in [-0.39, 0.29) is 6.03 Å². The second-order valence-electron chi connectivity index (χ2n) is 6.30. The van der Waals surface area contributed by atoms with Crippen LogP contribution in [0, 0.1) is 20.8 Å². The summed E-state index contributed by atoms with van der Waals surface area (Å²) in [5.41, 5.74) is 3.80. The maximum absolute atomic E-state index is 11.9. The molecule has 0 saturated carbocycles. The van der Waals surface area contributed by atoms with E-state index in [9.17, 15) is 4.79 Å². The summed E-state index contributed by atoms with van der Waals surface area (Å²) in [7, 11) is 0. The first-order valence-electron chi connectivity index (χ1n) is 8.85. The van der Waals surface area contributed by atoms with Gasteiger partial charge in [0, 0.05) is 29.5 Å². The summed E-state index contributed by atoms with van der Waals surface area (Å²) in [6.45, 7) is 6.94. The molecular formula is C19H22ClN7O. The first kappa shape index (κ1) is 19.6. The van der Waals surface area contributed by atoms with Crippen molar-refractivity contribution < 1.29 is 4.79 Å². The van der Waals surface area contributed by atoms with E-state index in [0.717, 1.165) is 17.0 Å². The van der Waals surface area contributed by atoms with Crippen LogP contribution in [0.25, 0.3) is 5.82 Å². The van der Waals surface area contributed by atoms with Crippen molar-refractivity contribution in [1.82, 2.24) is 25.3 Å². The number of halogens is 1. The van der Waals surface area contributed by atoms with Crippen LogP contribution in [0.1, 0.15) is 17.0 Å². The lowest BCUT2D eigenvalue weighted by Gasteiger charge is -2.09. The Labute approximate surface area is 168 Å². The molecule has 0 radical (unpaired) electrons. The zero-order valence-corrected chi connectivity index (χ0v) is 16.7. The molecule has 0 fully saturated rings. The van der Waals surface area contributed by atoms with E-state index < -0.39 is 0 Å². The van der Waals surface area contributed by atoms with Gasteiger partial charge in [-0.1, -0.05) is 17.7 Å². The fraction of sp³-hybridized carbons (Fsp3) is 0.263. The Hall–Kier alpha value is -3.13. The summed E-state index contributed by atoms with van der Waals surface area (Å²) < 4.78 is 1.78. The minimum absolute atomic E-state index is 0.301. The highest BCUT2D eigenvalue weighted by Gasteiger charge is 2.10. The predicted molar refractivity (Wildman–Crippen MR) is 110 cm³/mol. The highest BCUT2D eigenvalue weighted by molar-refractivity contribution is 6.30. The van der Waals surface area contributed by atoms with Crippen LogP contribution in [-0.4, -0.2) is 39.1 Å². The Morgan fingerprint density at radius 2 is 1.93 bits per heavy atom. The molecule has 0 saturated heterocycles. The lowest BCUT2D eigenvalue weighted by molar-refractivity contribution is 0.252. The number of aryl methyl sites for hydroxylation is 1. The van der Waals surface area contributed by atoms with E-state index in [4.69, 9.17) is 11.6 Å². The fourth-order valence-corrected chi connectivity index (χ4v) is 2.77. The van der Waals surface area contributed by atoms with Crippen molar-refractivity contribution in [3.8, 4) is 5.82 Å². The molecule has 9 heteroatoms. The molecule has 3 rings (SSSR count). The van der Waals surface area contributed by atoms with Gasteiger partial charge in [0.1, 0.15) is 5.82 Å². The zero-order chi connectivity index (χ0) is 20.1. The van der Waals surface area contributed by atoms with Gasteiger partial charge in [-0.25, -0.2) is 9.48 Å². The van der Waals surface area contributed by atoms with Gasteiger partial charge in [-0.3, -0.25) is 0 Å². The van der Waals surface area contributed by atoms with Gasteiger partial charge in [-0.15, -0.1) is 10.2 Å². The molecule has 0 aliphatic carbocycles. The predicted octanol–water partition coefficient (Wildman–Crippen LogP) is 3.47. The van der Waals surface area contributed by atoms with E-state index in [0.29, 0.717) is 35.4 Å². The number of carbonyl (C=O) groups is 1. The van der Waals surface area contributed by atoms with Crippen LogP contribution >= 0.6 is 11.6 Å². The largest absolute Gasteiger partial charge is 0.367 e. The highest BCUT2D eigenvalue weighted by atomic mass is 35.5. The number of hydrogen-bond acceptors (Lipinski definition) is 5.